The molecule has 0 aliphatic heterocycles. The Hall–Kier alpha value is -0.780. The lowest BCUT2D eigenvalue weighted by Crippen LogP contribution is -2.03. The molecule has 0 radical (unpaired) electrons. The van der Waals surface area contributed by atoms with Crippen LogP contribution >= 0.6 is 0 Å². The van der Waals surface area contributed by atoms with Crippen LogP contribution in [0.5, 0.6) is 0 Å². The van der Waals surface area contributed by atoms with Crippen molar-refractivity contribution < 1.29 is 2.74 Å². The van der Waals surface area contributed by atoms with E-state index in [2.05, 4.69) is 24.3 Å². The summed E-state index contributed by atoms with van der Waals surface area (Å²) in [6.45, 7) is 0. The Balaban J connectivity index is 2.07. The van der Waals surface area contributed by atoms with Crippen LogP contribution in [-0.2, 0) is 0 Å². The molecular formula is C12H16. The third-order valence-corrected chi connectivity index (χ3v) is 2.54. The second kappa shape index (κ2) is 3.75. The summed E-state index contributed by atoms with van der Waals surface area (Å²) in [5.74, 6) is 0.514. The van der Waals surface area contributed by atoms with Crippen molar-refractivity contribution in [1.82, 2.24) is 0 Å². The molecule has 2 rings (SSSR count). The predicted octanol–water partition coefficient (Wildman–Crippen LogP) is 3.73. The van der Waals surface area contributed by atoms with Gasteiger partial charge >= 0.3 is 0 Å². The Morgan fingerprint density at radius 2 is 1.92 bits per heavy atom. The fourth-order valence-corrected chi connectivity index (χ4v) is 1.82. The van der Waals surface area contributed by atoms with Crippen molar-refractivity contribution in [3.8, 4) is 0 Å². The third-order valence-electron chi connectivity index (χ3n) is 2.54. The van der Waals surface area contributed by atoms with Crippen LogP contribution in [-0.4, -0.2) is 0 Å². The van der Waals surface area contributed by atoms with E-state index in [9.17, 15) is 0 Å². The Kier molecular flexibility index (Phi) is 1.81. The molecule has 1 fully saturated rings. The maximum Gasteiger partial charge on any atom is 0.0267 e. The topological polar surface area (TPSA) is 0 Å². The fourth-order valence-electron chi connectivity index (χ4n) is 1.82. The summed E-state index contributed by atoms with van der Waals surface area (Å²) in [5, 5.41) is 0. The Bertz CT molecular complexity index is 284. The predicted molar refractivity (Wildman–Crippen MR) is 52.3 cm³/mol. The van der Waals surface area contributed by atoms with Crippen molar-refractivity contribution in [2.45, 2.75) is 38.0 Å². The average molecular weight is 162 g/mol. The van der Waals surface area contributed by atoms with Gasteiger partial charge in [0.1, 0.15) is 0 Å². The maximum atomic E-state index is 7.77. The fraction of sp³-hybridized carbons (Fsp3) is 0.500. The van der Waals surface area contributed by atoms with Crippen LogP contribution in [0.2, 0.25) is 0 Å². The van der Waals surface area contributed by atoms with E-state index in [0.29, 0.717) is 5.92 Å². The van der Waals surface area contributed by atoms with Crippen molar-refractivity contribution in [3.05, 3.63) is 35.9 Å². The zero-order chi connectivity index (χ0) is 9.97. The molecule has 0 N–H and O–H groups in total. The summed E-state index contributed by atoms with van der Waals surface area (Å²) in [6.07, 6.45) is 2.48. The van der Waals surface area contributed by atoms with Crippen LogP contribution in [0.3, 0.4) is 0 Å². The number of hydrogen-bond acceptors (Lipinski definition) is 0. The van der Waals surface area contributed by atoms with Crippen molar-refractivity contribution in [1.29, 1.82) is 0 Å². The van der Waals surface area contributed by atoms with Gasteiger partial charge in [-0.15, -0.1) is 0 Å². The molecule has 12 heavy (non-hydrogen) atoms. The first-order chi connectivity index (χ1) is 6.77. The SMILES string of the molecule is [2H]C1CCC(c2ccccc2)CC1[2H]. The second-order valence-electron chi connectivity index (χ2n) is 3.39. The Labute approximate surface area is 77.4 Å². The number of rotatable bonds is 1. The largest absolute Gasteiger partial charge is 0.0622 e. The summed E-state index contributed by atoms with van der Waals surface area (Å²) in [6, 6.07) is 10.4. The molecule has 0 heteroatoms. The molecule has 1 saturated carbocycles. The van der Waals surface area contributed by atoms with E-state index < -0.39 is 0 Å². The minimum absolute atomic E-state index is 0.157. The highest BCUT2D eigenvalue weighted by Crippen LogP contribution is 2.31. The quantitative estimate of drug-likeness (QED) is 0.590. The lowest BCUT2D eigenvalue weighted by Gasteiger charge is -2.21. The van der Waals surface area contributed by atoms with Gasteiger partial charge in [-0.3, -0.25) is 0 Å². The average Bonchev–Trinajstić information content (AvgIpc) is 2.23. The summed E-state index contributed by atoms with van der Waals surface area (Å²) in [7, 11) is 0. The van der Waals surface area contributed by atoms with Crippen LogP contribution in [0.15, 0.2) is 30.3 Å². The first-order valence-electron chi connectivity index (χ1n) is 5.82. The van der Waals surface area contributed by atoms with Crippen LogP contribution in [0.4, 0.5) is 0 Å². The van der Waals surface area contributed by atoms with E-state index in [0.717, 1.165) is 19.3 Å². The zero-order valence-electron chi connectivity index (χ0n) is 9.24. The van der Waals surface area contributed by atoms with E-state index in [1.807, 2.05) is 6.07 Å². The molecular weight excluding hydrogens is 144 g/mol. The van der Waals surface area contributed by atoms with E-state index in [4.69, 9.17) is 2.74 Å². The molecule has 1 aromatic rings. The molecule has 1 aliphatic carbocycles. The lowest BCUT2D eigenvalue weighted by atomic mass is 9.84. The molecule has 0 aromatic heterocycles. The van der Waals surface area contributed by atoms with Gasteiger partial charge < -0.3 is 0 Å². The van der Waals surface area contributed by atoms with Crippen LogP contribution in [0.25, 0.3) is 0 Å². The molecule has 0 nitrogen and oxygen atoms in total. The molecule has 1 aliphatic rings. The van der Waals surface area contributed by atoms with Gasteiger partial charge in [0.2, 0.25) is 0 Å². The number of hydrogen-bond donors (Lipinski definition) is 0. The lowest BCUT2D eigenvalue weighted by molar-refractivity contribution is 0.443. The summed E-state index contributed by atoms with van der Waals surface area (Å²) in [4.78, 5) is 0. The third kappa shape index (κ3) is 1.69. The van der Waals surface area contributed by atoms with E-state index in [1.54, 1.807) is 0 Å². The molecule has 0 heterocycles. The molecule has 64 valence electrons. The monoisotopic (exact) mass is 162 g/mol. The van der Waals surface area contributed by atoms with Gasteiger partial charge in [-0.05, 0) is 24.3 Å². The van der Waals surface area contributed by atoms with Crippen molar-refractivity contribution in [3.63, 3.8) is 0 Å². The molecule has 1 aromatic carbocycles. The van der Waals surface area contributed by atoms with Crippen molar-refractivity contribution >= 4 is 0 Å². The van der Waals surface area contributed by atoms with E-state index in [1.165, 1.54) is 5.56 Å². The highest BCUT2D eigenvalue weighted by atomic mass is 14.2. The highest BCUT2D eigenvalue weighted by Gasteiger charge is 2.14. The number of benzene rings is 1. The maximum absolute atomic E-state index is 7.77. The molecule has 0 bridgehead atoms. The van der Waals surface area contributed by atoms with E-state index >= 15 is 0 Å². The van der Waals surface area contributed by atoms with Crippen LogP contribution in [0, 0.1) is 0 Å². The van der Waals surface area contributed by atoms with Crippen LogP contribution < -0.4 is 0 Å². The van der Waals surface area contributed by atoms with Gasteiger partial charge in [-0.1, -0.05) is 49.5 Å². The summed E-state index contributed by atoms with van der Waals surface area (Å²) >= 11 is 0. The van der Waals surface area contributed by atoms with Crippen LogP contribution in [0.1, 0.15) is 46.3 Å². The zero-order valence-corrected chi connectivity index (χ0v) is 7.24. The normalized spacial score (nSPS) is 38.5. The van der Waals surface area contributed by atoms with Gasteiger partial charge in [0, 0.05) is 2.74 Å². The smallest absolute Gasteiger partial charge is 0.0267 e. The van der Waals surface area contributed by atoms with Gasteiger partial charge in [0.15, 0.2) is 0 Å². The standard InChI is InChI=1S/C12H16/c1-3-7-11(8-4-1)12-9-5-2-6-10-12/h1,3-4,7-8,12H,2,5-6,9-10H2/i2D,5D. The Morgan fingerprint density at radius 1 is 1.08 bits per heavy atom. The van der Waals surface area contributed by atoms with Gasteiger partial charge in [-0.25, -0.2) is 0 Å². The first-order valence-corrected chi connectivity index (χ1v) is 4.67. The van der Waals surface area contributed by atoms with Crippen molar-refractivity contribution in [2.24, 2.45) is 0 Å². The minimum atomic E-state index is -0.186. The molecule has 3 atom stereocenters. The van der Waals surface area contributed by atoms with E-state index in [-0.39, 0.29) is 12.8 Å². The molecule has 0 spiro atoms. The molecule has 0 saturated heterocycles. The highest BCUT2D eigenvalue weighted by molar-refractivity contribution is 5.19. The second-order valence-corrected chi connectivity index (χ2v) is 3.39. The summed E-state index contributed by atoms with van der Waals surface area (Å²) in [5.41, 5.74) is 1.34. The molecule has 0 amide bonds. The first kappa shape index (κ1) is 5.80. The van der Waals surface area contributed by atoms with Gasteiger partial charge in [0.25, 0.3) is 0 Å². The minimum Gasteiger partial charge on any atom is -0.0622 e. The van der Waals surface area contributed by atoms with Gasteiger partial charge in [0.05, 0.1) is 0 Å². The van der Waals surface area contributed by atoms with Crippen molar-refractivity contribution in [2.75, 3.05) is 0 Å². The van der Waals surface area contributed by atoms with Gasteiger partial charge in [-0.2, -0.15) is 0 Å². The summed E-state index contributed by atoms with van der Waals surface area (Å²) < 4.78 is 15.4. The Morgan fingerprint density at radius 3 is 2.67 bits per heavy atom. The molecule has 3 unspecified atom stereocenters.